The van der Waals surface area contributed by atoms with Crippen LogP contribution in [0.4, 0.5) is 0 Å². The number of benzene rings is 2. The van der Waals surface area contributed by atoms with E-state index in [1.54, 1.807) is 23.2 Å². The van der Waals surface area contributed by atoms with Crippen LogP contribution in [0.5, 0.6) is 0 Å². The molecule has 0 spiro atoms. The van der Waals surface area contributed by atoms with E-state index in [0.717, 1.165) is 0 Å². The van der Waals surface area contributed by atoms with E-state index in [2.05, 4.69) is 125 Å². The summed E-state index contributed by atoms with van der Waals surface area (Å²) >= 11 is -2.17. The minimum atomic E-state index is -2.17. The molecule has 0 aliphatic heterocycles. The van der Waals surface area contributed by atoms with Gasteiger partial charge in [0.2, 0.25) is 0 Å². The van der Waals surface area contributed by atoms with Crippen LogP contribution in [0.1, 0.15) is 121 Å². The molecule has 2 aromatic carbocycles. The van der Waals surface area contributed by atoms with Crippen molar-refractivity contribution >= 4 is 3.21 Å². The molecule has 0 aromatic heterocycles. The second kappa shape index (κ2) is 12.0. The Balaban J connectivity index is 0.00000253. The summed E-state index contributed by atoms with van der Waals surface area (Å²) in [5.41, 5.74) is 11.3. The van der Waals surface area contributed by atoms with Gasteiger partial charge in [0, 0.05) is 0 Å². The molecule has 0 nitrogen and oxygen atoms in total. The summed E-state index contributed by atoms with van der Waals surface area (Å²) in [5.74, 6) is 0. The van der Waals surface area contributed by atoms with Crippen molar-refractivity contribution < 1.29 is 46.1 Å². The van der Waals surface area contributed by atoms with Gasteiger partial charge in [-0.05, 0) is 0 Å². The molecule has 0 N–H and O–H groups in total. The summed E-state index contributed by atoms with van der Waals surface area (Å²) < 4.78 is 4.09. The van der Waals surface area contributed by atoms with Gasteiger partial charge in [0.05, 0.1) is 0 Å². The van der Waals surface area contributed by atoms with Gasteiger partial charge in [0.15, 0.2) is 0 Å². The first kappa shape index (κ1) is 33.5. The second-order valence-electron chi connectivity index (χ2n) is 14.1. The quantitative estimate of drug-likeness (QED) is 0.464. The summed E-state index contributed by atoms with van der Waals surface area (Å²) in [5, 5.41) is 0. The fraction of sp³-hybridized carbons (Fsp3) is 0.514. The second-order valence-corrected chi connectivity index (χ2v) is 21.6. The number of allylic oxidation sites excluding steroid dienone is 4. The summed E-state index contributed by atoms with van der Waals surface area (Å²) in [7, 11) is 0. The van der Waals surface area contributed by atoms with Crippen molar-refractivity contribution in [2.24, 2.45) is 5.41 Å². The Labute approximate surface area is 253 Å². The monoisotopic (exact) mass is 628 g/mol. The van der Waals surface area contributed by atoms with Crippen LogP contribution >= 0.6 is 0 Å². The Morgan fingerprint density at radius 1 is 0.789 bits per heavy atom. The smallest absolute Gasteiger partial charge is 1.00 e. The number of fused-ring (bicyclic) bond motifs is 3. The first-order valence-corrected chi connectivity index (χ1v) is 17.9. The van der Waals surface area contributed by atoms with E-state index < -0.39 is 21.3 Å². The van der Waals surface area contributed by atoms with Crippen molar-refractivity contribution in [2.75, 3.05) is 0 Å². The molecule has 4 rings (SSSR count). The third kappa shape index (κ3) is 6.42. The van der Waals surface area contributed by atoms with E-state index >= 15 is 0 Å². The number of halogens is 2. The van der Waals surface area contributed by atoms with Gasteiger partial charge < -0.3 is 24.8 Å². The van der Waals surface area contributed by atoms with E-state index in [9.17, 15) is 0 Å². The van der Waals surface area contributed by atoms with Gasteiger partial charge in [0.1, 0.15) is 0 Å². The van der Waals surface area contributed by atoms with E-state index in [4.69, 9.17) is 0 Å². The van der Waals surface area contributed by atoms with Crippen molar-refractivity contribution in [3.63, 3.8) is 0 Å². The predicted molar refractivity (Wildman–Crippen MR) is 157 cm³/mol. The Kier molecular flexibility index (Phi) is 10.6. The zero-order valence-electron chi connectivity index (χ0n) is 25.6. The molecule has 0 unspecified atom stereocenters. The van der Waals surface area contributed by atoms with Crippen molar-refractivity contribution in [1.29, 1.82) is 0 Å². The third-order valence-corrected chi connectivity index (χ3v) is 16.6. The van der Waals surface area contributed by atoms with Crippen molar-refractivity contribution in [3.05, 3.63) is 79.7 Å². The van der Waals surface area contributed by atoms with Crippen LogP contribution in [0, 0.1) is 5.41 Å². The summed E-state index contributed by atoms with van der Waals surface area (Å²) in [6.45, 7) is 26.1. The molecular formula is C35H48Cl2Zr. The fourth-order valence-corrected chi connectivity index (χ4v) is 14.5. The Morgan fingerprint density at radius 2 is 1.26 bits per heavy atom. The van der Waals surface area contributed by atoms with Gasteiger partial charge >= 0.3 is 231 Å². The topological polar surface area (TPSA) is 0 Å². The summed E-state index contributed by atoms with van der Waals surface area (Å²) in [6, 6.07) is 14.9. The van der Waals surface area contributed by atoms with Gasteiger partial charge in [0.25, 0.3) is 0 Å². The molecule has 3 heteroatoms. The van der Waals surface area contributed by atoms with E-state index in [0.29, 0.717) is 3.63 Å². The van der Waals surface area contributed by atoms with Gasteiger partial charge in [-0.1, -0.05) is 0 Å². The Morgan fingerprint density at radius 3 is 1.66 bits per heavy atom. The first-order chi connectivity index (χ1) is 16.6. The summed E-state index contributed by atoms with van der Waals surface area (Å²) in [6.07, 6.45) is 8.90. The molecule has 38 heavy (non-hydrogen) atoms. The van der Waals surface area contributed by atoms with Gasteiger partial charge in [-0.3, -0.25) is 0 Å². The number of hydrogen-bond acceptors (Lipinski definition) is 0. The predicted octanol–water partition coefficient (Wildman–Crippen LogP) is 4.23. The number of rotatable bonds is 5. The van der Waals surface area contributed by atoms with Crippen LogP contribution < -0.4 is 24.8 Å². The molecule has 2 aromatic rings. The van der Waals surface area contributed by atoms with Crippen LogP contribution in [0.3, 0.4) is 0 Å². The van der Waals surface area contributed by atoms with E-state index in [1.165, 1.54) is 41.5 Å². The minimum absolute atomic E-state index is 0. The van der Waals surface area contributed by atoms with Gasteiger partial charge in [-0.25, -0.2) is 0 Å². The number of hydrogen-bond donors (Lipinski definition) is 0. The molecule has 0 radical (unpaired) electrons. The average Bonchev–Trinajstić information content (AvgIpc) is 3.37. The molecule has 0 amide bonds. The van der Waals surface area contributed by atoms with Crippen molar-refractivity contribution in [2.45, 2.75) is 110 Å². The molecule has 2 aliphatic rings. The third-order valence-electron chi connectivity index (χ3n) is 8.45. The van der Waals surface area contributed by atoms with Crippen LogP contribution in [0.2, 0.25) is 0 Å². The average molecular weight is 631 g/mol. The molecule has 0 bridgehead atoms. The Hall–Kier alpha value is -0.747. The molecule has 0 fully saturated rings. The SMILES string of the molecule is CCCC(C)(C)C1=CC[C]([Zr+2](=[C](C)C)[CH]2c3ccc(C(C)(C)C)cc3-c3cc(C(C)(C)C)ccc32)=C1.[Cl-].[Cl-]. The van der Waals surface area contributed by atoms with Crippen LogP contribution in [0.25, 0.3) is 11.1 Å². The molecular weight excluding hydrogens is 583 g/mol. The normalized spacial score (nSPS) is 14.9. The zero-order valence-corrected chi connectivity index (χ0v) is 29.5. The van der Waals surface area contributed by atoms with E-state index in [-0.39, 0.29) is 41.1 Å². The molecule has 0 atom stereocenters. The molecule has 0 saturated heterocycles. The maximum atomic E-state index is 2.65. The van der Waals surface area contributed by atoms with Crippen LogP contribution in [-0.4, -0.2) is 3.21 Å². The zero-order chi connectivity index (χ0) is 26.6. The first-order valence-electron chi connectivity index (χ1n) is 14.0. The van der Waals surface area contributed by atoms with Gasteiger partial charge in [-0.15, -0.1) is 0 Å². The molecule has 206 valence electrons. The largest absolute Gasteiger partial charge is 1.00 e. The maximum absolute atomic E-state index is 2.65. The van der Waals surface area contributed by atoms with Gasteiger partial charge in [-0.2, -0.15) is 0 Å². The fourth-order valence-electron chi connectivity index (χ4n) is 6.24. The van der Waals surface area contributed by atoms with E-state index in [1.807, 2.05) is 0 Å². The summed E-state index contributed by atoms with van der Waals surface area (Å²) in [4.78, 5) is 0. The van der Waals surface area contributed by atoms with Crippen LogP contribution in [-0.2, 0) is 32.1 Å². The van der Waals surface area contributed by atoms with Crippen molar-refractivity contribution in [1.82, 2.24) is 0 Å². The maximum Gasteiger partial charge on any atom is -1.00 e. The minimum Gasteiger partial charge on any atom is -1.00 e. The molecule has 0 heterocycles. The molecule has 0 saturated carbocycles. The molecule has 2 aliphatic carbocycles. The van der Waals surface area contributed by atoms with Crippen molar-refractivity contribution in [3.8, 4) is 11.1 Å². The Bertz CT molecular complexity index is 1210. The standard InChI is InChI=1S/C21H25.C11H17.C3H6.2ClH.Zr/c1-20(2,3)16-9-7-14-11-15-8-10-17(21(4,5)6)13-19(15)18(14)12-16;1-4-9-11(2,3)10-7-5-6-8-10;1-3-2;;;/h7-13H,1-6H3;7-8H,4-5,9H2,1-3H3;1-2H3;2*1H;/q;;;;;+2/p-2. The van der Waals surface area contributed by atoms with Crippen LogP contribution in [0.15, 0.2) is 57.4 Å².